The number of halogens is 1. The molecule has 0 radical (unpaired) electrons. The van der Waals surface area contributed by atoms with Crippen LogP contribution >= 0.6 is 15.9 Å². The van der Waals surface area contributed by atoms with Gasteiger partial charge in [0, 0.05) is 11.6 Å². The van der Waals surface area contributed by atoms with Crippen molar-refractivity contribution in [3.05, 3.63) is 47.0 Å². The summed E-state index contributed by atoms with van der Waals surface area (Å²) in [7, 11) is -4.90. The summed E-state index contributed by atoms with van der Waals surface area (Å²) in [4.78, 5) is 48.2. The Labute approximate surface area is 321 Å². The summed E-state index contributed by atoms with van der Waals surface area (Å²) in [6, 6.07) is 14.7. The van der Waals surface area contributed by atoms with E-state index in [2.05, 4.69) is 57.5 Å². The van der Waals surface area contributed by atoms with Gasteiger partial charge < -0.3 is 23.4 Å². The third-order valence-corrected chi connectivity index (χ3v) is 24.4. The largest absolute Gasteiger partial charge is 0.509 e. The van der Waals surface area contributed by atoms with Gasteiger partial charge in [0.1, 0.15) is 11.7 Å². The number of aliphatic imine (C=N–C) groups is 1. The summed E-state index contributed by atoms with van der Waals surface area (Å²) in [5, 5.41) is 13.3. The van der Waals surface area contributed by atoms with Gasteiger partial charge in [-0.05, 0) is 73.2 Å². The number of rotatable bonds is 13. The molecule has 3 fully saturated rings. The van der Waals surface area contributed by atoms with E-state index >= 15 is 4.79 Å². The van der Waals surface area contributed by atoms with Gasteiger partial charge in [-0.25, -0.2) is 4.79 Å². The molecule has 3 aliphatic carbocycles. The molecule has 1 spiro atoms. The number of benzene rings is 1. The lowest BCUT2D eigenvalue weighted by Gasteiger charge is -2.63. The van der Waals surface area contributed by atoms with E-state index in [1.807, 2.05) is 51.1 Å². The molecule has 1 aromatic carbocycles. The Morgan fingerprint density at radius 2 is 1.48 bits per heavy atom. The Kier molecular flexibility index (Phi) is 11.8. The minimum atomic E-state index is -2.53. The van der Waals surface area contributed by atoms with Crippen LogP contribution in [0.25, 0.3) is 0 Å². The number of allylic oxidation sites excluding steroid dienone is 1. The SMILES string of the molecule is CC[Si](CC)(CC)O[C@H]1C(=O)[C@]2(C)[C@@H](O[Si](CC)(CC)CC)C[C@H](Br)[C@@](O)(C=NCc3ccccc3)[C@H]2[C@@H]2OC(=O)O[C@]23CC(=O)C(C)=C1C3(C)C. The van der Waals surface area contributed by atoms with Gasteiger partial charge in [-0.1, -0.05) is 102 Å². The zero-order valence-corrected chi connectivity index (χ0v) is 36.4. The van der Waals surface area contributed by atoms with Crippen molar-refractivity contribution in [3.8, 4) is 0 Å². The van der Waals surface area contributed by atoms with E-state index in [0.29, 0.717) is 24.1 Å². The number of carbonyl (C=O) groups is 3. The van der Waals surface area contributed by atoms with Crippen molar-refractivity contribution in [2.45, 2.75) is 159 Å². The van der Waals surface area contributed by atoms with Crippen molar-refractivity contribution in [3.63, 3.8) is 0 Å². The average Bonchev–Trinajstić information content (AvgIpc) is 3.46. The number of ketones is 2. The van der Waals surface area contributed by atoms with E-state index in [-0.39, 0.29) is 18.0 Å². The van der Waals surface area contributed by atoms with E-state index in [0.717, 1.165) is 41.8 Å². The maximum Gasteiger partial charge on any atom is 0.509 e. The van der Waals surface area contributed by atoms with Gasteiger partial charge >= 0.3 is 6.16 Å². The second-order valence-electron chi connectivity index (χ2n) is 16.3. The van der Waals surface area contributed by atoms with Crippen LogP contribution < -0.4 is 0 Å². The Morgan fingerprint density at radius 1 is 0.923 bits per heavy atom. The summed E-state index contributed by atoms with van der Waals surface area (Å²) in [5.41, 5.74) is -3.93. The van der Waals surface area contributed by atoms with Gasteiger partial charge in [0.2, 0.25) is 0 Å². The molecule has 9 nitrogen and oxygen atoms in total. The first-order chi connectivity index (χ1) is 24.4. The van der Waals surface area contributed by atoms with Crippen molar-refractivity contribution in [1.29, 1.82) is 0 Å². The molecule has 52 heavy (non-hydrogen) atoms. The summed E-state index contributed by atoms with van der Waals surface area (Å²) < 4.78 is 27.2. The van der Waals surface area contributed by atoms with Crippen molar-refractivity contribution in [2.75, 3.05) is 0 Å². The van der Waals surface area contributed by atoms with Crippen LogP contribution in [0.4, 0.5) is 4.79 Å². The highest BCUT2D eigenvalue weighted by Crippen LogP contribution is 2.65. The van der Waals surface area contributed by atoms with Gasteiger partial charge in [0.25, 0.3) is 0 Å². The molecule has 2 bridgehead atoms. The van der Waals surface area contributed by atoms with Gasteiger partial charge in [-0.2, -0.15) is 0 Å². The molecule has 8 atom stereocenters. The van der Waals surface area contributed by atoms with Crippen LogP contribution in [0.3, 0.4) is 0 Å². The molecule has 0 amide bonds. The number of hydrogen-bond donors (Lipinski definition) is 1. The van der Waals surface area contributed by atoms with Crippen LogP contribution in [0.2, 0.25) is 36.3 Å². The maximum absolute atomic E-state index is 16.2. The summed E-state index contributed by atoms with van der Waals surface area (Å²) in [5.74, 6) is -1.59. The molecular weight excluding hydrogens is 759 g/mol. The van der Waals surface area contributed by atoms with Crippen molar-refractivity contribution >= 4 is 56.5 Å². The second kappa shape index (κ2) is 14.9. The third kappa shape index (κ3) is 6.28. The fourth-order valence-corrected chi connectivity index (χ4v) is 16.4. The lowest BCUT2D eigenvalue weighted by Crippen LogP contribution is -2.76. The molecule has 2 saturated carbocycles. The zero-order chi connectivity index (χ0) is 38.5. The fraction of sp³-hybridized carbons (Fsp3) is 0.700. The smallest absolute Gasteiger partial charge is 0.426 e. The predicted octanol–water partition coefficient (Wildman–Crippen LogP) is 8.73. The van der Waals surface area contributed by atoms with Crippen LogP contribution in [-0.4, -0.2) is 80.0 Å². The molecule has 1 saturated heterocycles. The molecule has 288 valence electrons. The Bertz CT molecular complexity index is 1580. The summed E-state index contributed by atoms with van der Waals surface area (Å²) in [6.45, 7) is 20.6. The van der Waals surface area contributed by atoms with Gasteiger partial charge in [-0.3, -0.25) is 14.6 Å². The Balaban J connectivity index is 1.86. The summed E-state index contributed by atoms with van der Waals surface area (Å²) >= 11 is 3.89. The number of carbonyl (C=O) groups excluding carboxylic acids is 3. The second-order valence-corrected chi connectivity index (χ2v) is 26.9. The number of fused-ring (bicyclic) bond motifs is 3. The first-order valence-corrected chi connectivity index (χ1v) is 25.4. The molecule has 1 aromatic rings. The Morgan fingerprint density at radius 3 is 2.04 bits per heavy atom. The third-order valence-electron chi connectivity index (χ3n) is 14.0. The predicted molar refractivity (Wildman–Crippen MR) is 212 cm³/mol. The minimum Gasteiger partial charge on any atom is -0.426 e. The standard InChI is InChI=1S/C40H60BrNO8Si2/c1-11-51(12-2,13-3)49-30-22-29(41)39(46,25-42-24-27-20-18-17-19-21-27)33-35-40(48-36(45)47-35)23-28(43)26(7)31(37(40,8)9)32(34(44)38(30,33)10)50-52(14-4,15-5)16-6/h17-21,25,29-30,32-33,35,46H,11-16,22-24H2,1-10H3/t29-,30-,32+,33-,35-,38+,39-,40+/m0/s1. The maximum atomic E-state index is 16.2. The van der Waals surface area contributed by atoms with E-state index in [4.69, 9.17) is 23.3 Å². The number of ether oxygens (including phenoxy) is 2. The highest BCUT2D eigenvalue weighted by molar-refractivity contribution is 9.09. The zero-order valence-electron chi connectivity index (χ0n) is 32.8. The molecule has 1 aliphatic heterocycles. The highest BCUT2D eigenvalue weighted by Gasteiger charge is 2.78. The first kappa shape index (κ1) is 41.2. The molecule has 1 N–H and O–H groups in total. The number of nitrogens with zero attached hydrogens (tertiary/aromatic N) is 1. The quantitative estimate of drug-likeness (QED) is 0.0909. The minimum absolute atomic E-state index is 0.148. The van der Waals surface area contributed by atoms with Crippen molar-refractivity contribution in [2.24, 2.45) is 21.7 Å². The molecule has 1 heterocycles. The number of hydrogen-bond acceptors (Lipinski definition) is 9. The molecular formula is C40H60BrNO8Si2. The van der Waals surface area contributed by atoms with E-state index in [9.17, 15) is 14.7 Å². The first-order valence-electron chi connectivity index (χ1n) is 19.4. The number of aliphatic hydroxyl groups is 1. The topological polar surface area (TPSA) is 121 Å². The summed E-state index contributed by atoms with van der Waals surface area (Å²) in [6.07, 6.45) is -2.19. The van der Waals surface area contributed by atoms with Gasteiger partial charge in [0.15, 0.2) is 39.9 Å². The van der Waals surface area contributed by atoms with Crippen molar-refractivity contribution < 1.29 is 37.8 Å². The van der Waals surface area contributed by atoms with Crippen LogP contribution in [0, 0.1) is 16.7 Å². The molecule has 5 rings (SSSR count). The van der Waals surface area contributed by atoms with Crippen LogP contribution in [-0.2, 0) is 34.5 Å². The number of alkyl halides is 1. The Hall–Kier alpha value is -1.97. The molecule has 4 aliphatic rings. The normalized spacial score (nSPS) is 34.8. The average molecular weight is 819 g/mol. The van der Waals surface area contributed by atoms with E-state index < -0.39 is 73.9 Å². The van der Waals surface area contributed by atoms with Gasteiger partial charge in [-0.15, -0.1) is 0 Å². The molecule has 12 heteroatoms. The lowest BCUT2D eigenvalue weighted by atomic mass is 9.46. The van der Waals surface area contributed by atoms with E-state index in [1.54, 1.807) is 6.92 Å². The highest BCUT2D eigenvalue weighted by atomic mass is 79.9. The molecule has 0 aromatic heterocycles. The van der Waals surface area contributed by atoms with Crippen LogP contribution in [0.5, 0.6) is 0 Å². The monoisotopic (exact) mass is 817 g/mol. The van der Waals surface area contributed by atoms with Gasteiger partial charge in [0.05, 0.1) is 35.2 Å². The van der Waals surface area contributed by atoms with E-state index in [1.165, 1.54) is 6.21 Å². The number of Topliss-reactive ketones (excluding diaryl/α,β-unsaturated/α-hetero) is 2. The van der Waals surface area contributed by atoms with Crippen LogP contribution in [0.1, 0.15) is 87.6 Å². The van der Waals surface area contributed by atoms with Crippen LogP contribution in [0.15, 0.2) is 46.5 Å². The lowest BCUT2D eigenvalue weighted by molar-refractivity contribution is -0.202. The fourth-order valence-electron chi connectivity index (χ4n) is 10.0. The molecule has 0 unspecified atom stereocenters. The van der Waals surface area contributed by atoms with Crippen molar-refractivity contribution in [1.82, 2.24) is 0 Å².